The standard InChI is InChI=1S/C11H13Cl2NO2/c1-14(2)10(6-15)7-4-9(13)11(16-3)5-8(7)12/h4-6,10H,1-3H3. The summed E-state index contributed by atoms with van der Waals surface area (Å²) < 4.78 is 5.04. The number of halogens is 2. The third-order valence-corrected chi connectivity index (χ3v) is 2.90. The van der Waals surface area contributed by atoms with E-state index >= 15 is 0 Å². The minimum atomic E-state index is -0.407. The van der Waals surface area contributed by atoms with Gasteiger partial charge < -0.3 is 9.53 Å². The maximum atomic E-state index is 11.0. The molecule has 0 N–H and O–H groups in total. The van der Waals surface area contributed by atoms with Gasteiger partial charge in [0.2, 0.25) is 0 Å². The number of methoxy groups -OCH3 is 1. The van der Waals surface area contributed by atoms with Crippen molar-refractivity contribution in [2.75, 3.05) is 21.2 Å². The van der Waals surface area contributed by atoms with E-state index in [1.54, 1.807) is 31.1 Å². The van der Waals surface area contributed by atoms with Gasteiger partial charge in [0.15, 0.2) is 0 Å². The van der Waals surface area contributed by atoms with Crippen molar-refractivity contribution in [2.45, 2.75) is 6.04 Å². The van der Waals surface area contributed by atoms with Crippen molar-refractivity contribution in [3.8, 4) is 5.75 Å². The molecule has 1 aromatic rings. The second-order valence-electron chi connectivity index (χ2n) is 3.55. The molecule has 5 heteroatoms. The van der Waals surface area contributed by atoms with Gasteiger partial charge in [-0.2, -0.15) is 0 Å². The van der Waals surface area contributed by atoms with Gasteiger partial charge in [-0.1, -0.05) is 23.2 Å². The van der Waals surface area contributed by atoms with Gasteiger partial charge in [-0.05, 0) is 25.7 Å². The number of hydrogen-bond donors (Lipinski definition) is 0. The van der Waals surface area contributed by atoms with Gasteiger partial charge in [-0.15, -0.1) is 0 Å². The van der Waals surface area contributed by atoms with E-state index < -0.39 is 6.04 Å². The Balaban J connectivity index is 3.24. The summed E-state index contributed by atoms with van der Waals surface area (Å²) in [7, 11) is 5.11. The Morgan fingerprint density at radius 3 is 2.38 bits per heavy atom. The van der Waals surface area contributed by atoms with E-state index in [1.807, 2.05) is 0 Å². The Morgan fingerprint density at radius 1 is 1.31 bits per heavy atom. The normalized spacial score (nSPS) is 12.6. The van der Waals surface area contributed by atoms with Crippen LogP contribution in [0.2, 0.25) is 10.0 Å². The lowest BCUT2D eigenvalue weighted by molar-refractivity contribution is -0.111. The summed E-state index contributed by atoms with van der Waals surface area (Å²) in [6, 6.07) is 2.86. The van der Waals surface area contributed by atoms with Crippen LogP contribution in [0.4, 0.5) is 0 Å². The molecule has 16 heavy (non-hydrogen) atoms. The number of nitrogens with zero attached hydrogens (tertiary/aromatic N) is 1. The molecule has 1 rings (SSSR count). The van der Waals surface area contributed by atoms with Crippen molar-refractivity contribution in [1.82, 2.24) is 4.90 Å². The molecule has 88 valence electrons. The van der Waals surface area contributed by atoms with E-state index in [1.165, 1.54) is 7.11 Å². The van der Waals surface area contributed by atoms with E-state index in [2.05, 4.69) is 0 Å². The fraction of sp³-hybridized carbons (Fsp3) is 0.364. The fourth-order valence-electron chi connectivity index (χ4n) is 1.40. The highest BCUT2D eigenvalue weighted by Crippen LogP contribution is 2.34. The van der Waals surface area contributed by atoms with E-state index in [-0.39, 0.29) is 0 Å². The van der Waals surface area contributed by atoms with Crippen molar-refractivity contribution >= 4 is 29.5 Å². The number of benzene rings is 1. The van der Waals surface area contributed by atoms with Crippen molar-refractivity contribution in [3.05, 3.63) is 27.7 Å². The smallest absolute Gasteiger partial charge is 0.141 e. The third-order valence-electron chi connectivity index (χ3n) is 2.28. The van der Waals surface area contributed by atoms with Crippen LogP contribution in [0.1, 0.15) is 11.6 Å². The number of aldehydes is 1. The van der Waals surface area contributed by atoms with Crippen LogP contribution in [0.5, 0.6) is 5.75 Å². The molecular formula is C11H13Cl2NO2. The maximum absolute atomic E-state index is 11.0. The minimum Gasteiger partial charge on any atom is -0.495 e. The lowest BCUT2D eigenvalue weighted by Gasteiger charge is -2.20. The average molecular weight is 262 g/mol. The molecule has 0 aliphatic carbocycles. The van der Waals surface area contributed by atoms with Gasteiger partial charge in [0.1, 0.15) is 12.0 Å². The van der Waals surface area contributed by atoms with E-state index in [4.69, 9.17) is 27.9 Å². The molecule has 0 saturated heterocycles. The Morgan fingerprint density at radius 2 is 1.94 bits per heavy atom. The van der Waals surface area contributed by atoms with Crippen LogP contribution < -0.4 is 4.74 Å². The lowest BCUT2D eigenvalue weighted by atomic mass is 10.1. The molecule has 0 aliphatic rings. The van der Waals surface area contributed by atoms with Crippen LogP contribution in [0.3, 0.4) is 0 Å². The molecule has 0 fully saturated rings. The molecule has 3 nitrogen and oxygen atoms in total. The molecule has 0 heterocycles. The topological polar surface area (TPSA) is 29.5 Å². The fourth-order valence-corrected chi connectivity index (χ4v) is 1.91. The van der Waals surface area contributed by atoms with Gasteiger partial charge in [-0.3, -0.25) is 4.90 Å². The van der Waals surface area contributed by atoms with Gasteiger partial charge >= 0.3 is 0 Å². The first-order valence-electron chi connectivity index (χ1n) is 4.66. The van der Waals surface area contributed by atoms with Gasteiger partial charge in [-0.25, -0.2) is 0 Å². The summed E-state index contributed by atoms with van der Waals surface area (Å²) in [5, 5.41) is 0.905. The van der Waals surface area contributed by atoms with Crippen LogP contribution >= 0.6 is 23.2 Å². The number of hydrogen-bond acceptors (Lipinski definition) is 3. The zero-order valence-electron chi connectivity index (χ0n) is 9.33. The highest BCUT2D eigenvalue weighted by molar-refractivity contribution is 6.34. The Labute approximate surface area is 105 Å². The largest absolute Gasteiger partial charge is 0.495 e. The summed E-state index contributed by atoms with van der Waals surface area (Å²) in [5.41, 5.74) is 0.674. The molecule has 0 saturated carbocycles. The summed E-state index contributed by atoms with van der Waals surface area (Å²) in [4.78, 5) is 12.8. The molecule has 1 atom stereocenters. The zero-order chi connectivity index (χ0) is 12.3. The molecule has 0 aromatic heterocycles. The number of carbonyl (C=O) groups excluding carboxylic acids is 1. The molecule has 0 amide bonds. The number of ether oxygens (including phenoxy) is 1. The lowest BCUT2D eigenvalue weighted by Crippen LogP contribution is -2.21. The predicted molar refractivity (Wildman–Crippen MR) is 65.5 cm³/mol. The number of carbonyl (C=O) groups is 1. The molecule has 1 unspecified atom stereocenters. The third kappa shape index (κ3) is 2.67. The SMILES string of the molecule is COc1cc(Cl)c(C(C=O)N(C)C)cc1Cl. The first-order chi connectivity index (χ1) is 7.51. The maximum Gasteiger partial charge on any atom is 0.141 e. The van der Waals surface area contributed by atoms with Gasteiger partial charge in [0.05, 0.1) is 18.2 Å². The van der Waals surface area contributed by atoms with Crippen molar-refractivity contribution < 1.29 is 9.53 Å². The molecule has 0 spiro atoms. The average Bonchev–Trinajstić information content (AvgIpc) is 2.23. The first kappa shape index (κ1) is 13.3. The predicted octanol–water partition coefficient (Wildman–Crippen LogP) is 2.80. The zero-order valence-corrected chi connectivity index (χ0v) is 10.8. The second kappa shape index (κ2) is 5.53. The van der Waals surface area contributed by atoms with Crippen LogP contribution in [-0.4, -0.2) is 32.4 Å². The first-order valence-corrected chi connectivity index (χ1v) is 5.41. The molecule has 0 bridgehead atoms. The van der Waals surface area contributed by atoms with Crippen LogP contribution in [-0.2, 0) is 4.79 Å². The molecule has 1 aromatic carbocycles. The summed E-state index contributed by atoms with van der Waals surface area (Å²) >= 11 is 12.1. The van der Waals surface area contributed by atoms with Crippen LogP contribution in [0, 0.1) is 0 Å². The van der Waals surface area contributed by atoms with E-state index in [9.17, 15) is 4.79 Å². The quantitative estimate of drug-likeness (QED) is 0.781. The van der Waals surface area contributed by atoms with Crippen LogP contribution in [0.25, 0.3) is 0 Å². The van der Waals surface area contributed by atoms with Crippen molar-refractivity contribution in [1.29, 1.82) is 0 Å². The summed E-state index contributed by atoms with van der Waals surface area (Å²) in [5.74, 6) is 0.499. The van der Waals surface area contributed by atoms with Gasteiger partial charge in [0.25, 0.3) is 0 Å². The second-order valence-corrected chi connectivity index (χ2v) is 4.37. The highest BCUT2D eigenvalue weighted by atomic mass is 35.5. The number of likely N-dealkylation sites (N-methyl/N-ethyl adjacent to an activating group) is 1. The van der Waals surface area contributed by atoms with E-state index in [0.29, 0.717) is 21.4 Å². The number of rotatable bonds is 4. The monoisotopic (exact) mass is 261 g/mol. The summed E-state index contributed by atoms with van der Waals surface area (Å²) in [6.45, 7) is 0. The Hall–Kier alpha value is -0.770. The molecule has 0 radical (unpaired) electrons. The highest BCUT2D eigenvalue weighted by Gasteiger charge is 2.18. The van der Waals surface area contributed by atoms with Crippen LogP contribution in [0.15, 0.2) is 12.1 Å². The van der Waals surface area contributed by atoms with Crippen molar-refractivity contribution in [3.63, 3.8) is 0 Å². The molecule has 0 aliphatic heterocycles. The van der Waals surface area contributed by atoms with Gasteiger partial charge in [0, 0.05) is 11.1 Å². The van der Waals surface area contributed by atoms with Crippen molar-refractivity contribution in [2.24, 2.45) is 0 Å². The minimum absolute atomic E-state index is 0.407. The Bertz CT molecular complexity index is 394. The summed E-state index contributed by atoms with van der Waals surface area (Å²) in [6.07, 6.45) is 0.823. The Kier molecular flexibility index (Phi) is 4.59. The van der Waals surface area contributed by atoms with E-state index in [0.717, 1.165) is 6.29 Å². The molecular weight excluding hydrogens is 249 g/mol.